The van der Waals surface area contributed by atoms with Crippen LogP contribution in [0, 0.1) is 11.3 Å². The minimum atomic E-state index is 0.618. The molecule has 1 aromatic heterocycles. The van der Waals surface area contributed by atoms with E-state index < -0.39 is 0 Å². The van der Waals surface area contributed by atoms with Gasteiger partial charge in [-0.1, -0.05) is 127 Å². The molecule has 10 aromatic rings. The van der Waals surface area contributed by atoms with Crippen molar-refractivity contribution in [2.45, 2.75) is 0 Å². The van der Waals surface area contributed by atoms with Gasteiger partial charge in [0, 0.05) is 51.0 Å². The largest absolute Gasteiger partial charge is 0.456 e. The summed E-state index contributed by atoms with van der Waals surface area (Å²) in [6, 6.07) is 80.4. The van der Waals surface area contributed by atoms with Crippen LogP contribution in [0.1, 0.15) is 5.56 Å². The van der Waals surface area contributed by atoms with Crippen LogP contribution in [0.4, 0.5) is 34.1 Å². The van der Waals surface area contributed by atoms with Crippen molar-refractivity contribution < 1.29 is 4.42 Å². The summed E-state index contributed by atoms with van der Waals surface area (Å²) in [5.74, 6) is 0. The van der Waals surface area contributed by atoms with Gasteiger partial charge in [-0.25, -0.2) is 0 Å². The Morgan fingerprint density at radius 2 is 0.644 bits per heavy atom. The van der Waals surface area contributed by atoms with Crippen LogP contribution in [0.3, 0.4) is 0 Å². The maximum Gasteiger partial charge on any atom is 0.137 e. The topological polar surface area (TPSA) is 43.4 Å². The molecular weight excluding hydrogens is 719 g/mol. The molecule has 4 heteroatoms. The van der Waals surface area contributed by atoms with E-state index in [4.69, 9.17) is 4.42 Å². The second-order valence-electron chi connectivity index (χ2n) is 14.5. The van der Waals surface area contributed by atoms with Gasteiger partial charge in [-0.05, 0) is 124 Å². The normalized spacial score (nSPS) is 11.0. The predicted octanol–water partition coefficient (Wildman–Crippen LogP) is 15.4. The first-order chi connectivity index (χ1) is 29.2. The van der Waals surface area contributed by atoms with Crippen molar-refractivity contribution in [1.29, 1.82) is 5.26 Å². The van der Waals surface area contributed by atoms with Crippen molar-refractivity contribution in [3.8, 4) is 39.4 Å². The molecule has 9 aromatic carbocycles. The van der Waals surface area contributed by atoms with Gasteiger partial charge in [0.15, 0.2) is 0 Å². The maximum absolute atomic E-state index is 9.51. The smallest absolute Gasteiger partial charge is 0.137 e. The minimum Gasteiger partial charge on any atom is -0.456 e. The summed E-state index contributed by atoms with van der Waals surface area (Å²) in [6.07, 6.45) is 0. The lowest BCUT2D eigenvalue weighted by molar-refractivity contribution is 0.669. The minimum absolute atomic E-state index is 0.618. The van der Waals surface area contributed by atoms with Gasteiger partial charge in [0.05, 0.1) is 11.6 Å². The van der Waals surface area contributed by atoms with Gasteiger partial charge < -0.3 is 14.2 Å². The molecule has 0 atom stereocenters. The number of rotatable bonds is 9. The molecule has 1 heterocycles. The van der Waals surface area contributed by atoms with Gasteiger partial charge in [-0.15, -0.1) is 0 Å². The number of hydrogen-bond donors (Lipinski definition) is 0. The molecule has 0 aliphatic rings. The molecule has 0 radical (unpaired) electrons. The van der Waals surface area contributed by atoms with Crippen LogP contribution in [-0.4, -0.2) is 0 Å². The molecule has 0 spiro atoms. The lowest BCUT2D eigenvalue weighted by Gasteiger charge is -2.26. The zero-order valence-corrected chi connectivity index (χ0v) is 32.1. The molecule has 0 aliphatic heterocycles. The Morgan fingerprint density at radius 3 is 1.08 bits per heavy atom. The molecule has 0 unspecified atom stereocenters. The van der Waals surface area contributed by atoms with E-state index in [0.29, 0.717) is 5.56 Å². The fraction of sp³-hybridized carbons (Fsp3) is 0. The summed E-state index contributed by atoms with van der Waals surface area (Å²) in [7, 11) is 0. The van der Waals surface area contributed by atoms with E-state index in [1.54, 1.807) is 0 Å². The van der Waals surface area contributed by atoms with Gasteiger partial charge in [0.2, 0.25) is 0 Å². The number of nitrogens with zero attached hydrogens (tertiary/aromatic N) is 3. The van der Waals surface area contributed by atoms with Crippen LogP contribution >= 0.6 is 0 Å². The van der Waals surface area contributed by atoms with Gasteiger partial charge in [-0.3, -0.25) is 0 Å². The Balaban J connectivity index is 0.978. The average Bonchev–Trinajstić information content (AvgIpc) is 3.69. The molecule has 0 aliphatic carbocycles. The molecule has 0 bridgehead atoms. The predicted molar refractivity (Wildman–Crippen MR) is 244 cm³/mol. The molecular formula is C55H37N3O. The maximum atomic E-state index is 9.51. The molecule has 0 saturated heterocycles. The Kier molecular flexibility index (Phi) is 9.23. The molecule has 0 amide bonds. The third kappa shape index (κ3) is 6.99. The number of hydrogen-bond acceptors (Lipinski definition) is 4. The van der Waals surface area contributed by atoms with Gasteiger partial charge in [0.1, 0.15) is 11.2 Å². The standard InChI is InChI=1S/C55H37N3O/c56-38-39-15-25-46(26-16-39)58(51-35-36-53-52-13-7-8-14-54(52)59-55(53)37-51)50-33-23-45(24-34-50)44-21-31-49(32-22-44)57(47-27-17-42(18-28-47)40-9-3-1-4-10-40)48-29-19-43(20-30-48)41-11-5-2-6-12-41/h1-37H. The third-order valence-corrected chi connectivity index (χ3v) is 10.9. The third-order valence-electron chi connectivity index (χ3n) is 10.9. The van der Waals surface area contributed by atoms with Crippen LogP contribution in [0.25, 0.3) is 55.3 Å². The lowest BCUT2D eigenvalue weighted by atomic mass is 10.0. The Bertz CT molecular complexity index is 2970. The summed E-state index contributed by atoms with van der Waals surface area (Å²) in [4.78, 5) is 4.51. The first kappa shape index (κ1) is 35.3. The van der Waals surface area contributed by atoms with Gasteiger partial charge in [-0.2, -0.15) is 5.26 Å². The van der Waals surface area contributed by atoms with Gasteiger partial charge in [0.25, 0.3) is 0 Å². The molecule has 59 heavy (non-hydrogen) atoms. The van der Waals surface area contributed by atoms with Crippen LogP contribution in [0.2, 0.25) is 0 Å². The zero-order chi connectivity index (χ0) is 39.5. The number of anilines is 6. The zero-order valence-electron chi connectivity index (χ0n) is 32.1. The van der Waals surface area contributed by atoms with Crippen LogP contribution in [-0.2, 0) is 0 Å². The number of nitriles is 1. The highest BCUT2D eigenvalue weighted by Gasteiger charge is 2.17. The molecule has 278 valence electrons. The van der Waals surface area contributed by atoms with E-state index in [9.17, 15) is 5.26 Å². The number of benzene rings is 9. The second-order valence-corrected chi connectivity index (χ2v) is 14.5. The van der Waals surface area contributed by atoms with E-state index >= 15 is 0 Å². The van der Waals surface area contributed by atoms with E-state index in [-0.39, 0.29) is 0 Å². The fourth-order valence-corrected chi connectivity index (χ4v) is 7.91. The summed E-state index contributed by atoms with van der Waals surface area (Å²) >= 11 is 0. The van der Waals surface area contributed by atoms with Crippen molar-refractivity contribution in [2.75, 3.05) is 9.80 Å². The fourth-order valence-electron chi connectivity index (χ4n) is 7.91. The highest BCUT2D eigenvalue weighted by Crippen LogP contribution is 2.41. The first-order valence-corrected chi connectivity index (χ1v) is 19.7. The highest BCUT2D eigenvalue weighted by molar-refractivity contribution is 6.06. The number of fused-ring (bicyclic) bond motifs is 3. The number of para-hydroxylation sites is 1. The van der Waals surface area contributed by atoms with Gasteiger partial charge >= 0.3 is 0 Å². The lowest BCUT2D eigenvalue weighted by Crippen LogP contribution is -2.10. The van der Waals surface area contributed by atoms with Crippen molar-refractivity contribution >= 4 is 56.1 Å². The van der Waals surface area contributed by atoms with Crippen molar-refractivity contribution in [1.82, 2.24) is 0 Å². The van der Waals surface area contributed by atoms with Crippen LogP contribution < -0.4 is 9.80 Å². The van der Waals surface area contributed by atoms with E-state index in [1.165, 1.54) is 22.3 Å². The van der Waals surface area contributed by atoms with E-state index in [1.807, 2.05) is 54.6 Å². The number of furan rings is 1. The summed E-state index contributed by atoms with van der Waals surface area (Å²) < 4.78 is 6.29. The van der Waals surface area contributed by atoms with E-state index in [2.05, 4.69) is 186 Å². The monoisotopic (exact) mass is 755 g/mol. The Labute approximate surface area is 343 Å². The summed E-state index contributed by atoms with van der Waals surface area (Å²) in [6.45, 7) is 0. The van der Waals surface area contributed by atoms with Crippen molar-refractivity contribution in [2.24, 2.45) is 0 Å². The second kappa shape index (κ2) is 15.4. The van der Waals surface area contributed by atoms with Crippen molar-refractivity contribution in [3.05, 3.63) is 230 Å². The summed E-state index contributed by atoms with van der Waals surface area (Å²) in [5.41, 5.74) is 15.4. The Hall–Kier alpha value is -8.13. The van der Waals surface area contributed by atoms with Crippen LogP contribution in [0.5, 0.6) is 0 Å². The van der Waals surface area contributed by atoms with Crippen molar-refractivity contribution in [3.63, 3.8) is 0 Å². The SMILES string of the molecule is N#Cc1ccc(N(c2ccc(-c3ccc(N(c4ccc(-c5ccccc5)cc4)c4ccc(-c5ccccc5)cc4)cc3)cc2)c2ccc3c(c2)oc2ccccc23)cc1. The summed E-state index contributed by atoms with van der Waals surface area (Å²) in [5, 5.41) is 11.7. The first-order valence-electron chi connectivity index (χ1n) is 19.7. The van der Waals surface area contributed by atoms with E-state index in [0.717, 1.165) is 67.2 Å². The molecule has 10 rings (SSSR count). The van der Waals surface area contributed by atoms with Crippen LogP contribution in [0.15, 0.2) is 229 Å². The molecule has 4 nitrogen and oxygen atoms in total. The quantitative estimate of drug-likeness (QED) is 0.147. The average molecular weight is 756 g/mol. The Morgan fingerprint density at radius 1 is 0.305 bits per heavy atom. The highest BCUT2D eigenvalue weighted by atomic mass is 16.3. The molecule has 0 N–H and O–H groups in total. The molecule has 0 fully saturated rings. The molecule has 0 saturated carbocycles.